The van der Waals surface area contributed by atoms with E-state index in [4.69, 9.17) is 0 Å². The average molecular weight is 336 g/mol. The second-order valence-electron chi connectivity index (χ2n) is 6.49. The summed E-state index contributed by atoms with van der Waals surface area (Å²) in [5, 5.41) is 7.61. The van der Waals surface area contributed by atoms with Crippen LogP contribution in [0.5, 0.6) is 0 Å². The van der Waals surface area contributed by atoms with Crippen LogP contribution >= 0.6 is 0 Å². The molecular weight excluding hydrogens is 315 g/mol. The summed E-state index contributed by atoms with van der Waals surface area (Å²) in [6, 6.07) is 4.92. The second-order valence-corrected chi connectivity index (χ2v) is 6.49. The minimum Gasteiger partial charge on any atom is -0.324 e. The van der Waals surface area contributed by atoms with E-state index in [-0.39, 0.29) is 11.9 Å². The molecule has 0 amide bonds. The lowest BCUT2D eigenvalue weighted by Crippen LogP contribution is -2.50. The summed E-state index contributed by atoms with van der Waals surface area (Å²) in [6.07, 6.45) is 12.8. The van der Waals surface area contributed by atoms with Gasteiger partial charge in [0.2, 0.25) is 5.96 Å². The maximum atomic E-state index is 13.6. The van der Waals surface area contributed by atoms with Crippen LogP contribution in [0.4, 0.5) is 10.1 Å². The third-order valence-electron chi connectivity index (χ3n) is 4.63. The number of hydrogen-bond acceptors (Lipinski definition) is 4. The van der Waals surface area contributed by atoms with E-state index < -0.39 is 0 Å². The fourth-order valence-electron chi connectivity index (χ4n) is 3.32. The van der Waals surface area contributed by atoms with Gasteiger partial charge in [-0.15, -0.1) is 0 Å². The summed E-state index contributed by atoms with van der Waals surface area (Å²) < 4.78 is 13.6. The van der Waals surface area contributed by atoms with Crippen molar-refractivity contribution < 1.29 is 4.39 Å². The summed E-state index contributed by atoms with van der Waals surface area (Å²) in [5.41, 5.74) is 4.25. The molecule has 0 radical (unpaired) electrons. The SMILES string of the molecule is CC1=CC2=CC=CN(N3CCN=C3Nc3cc(F)ccc3C)C2C=C1. The molecule has 128 valence electrons. The van der Waals surface area contributed by atoms with Crippen LogP contribution in [0.1, 0.15) is 12.5 Å². The monoisotopic (exact) mass is 336 g/mol. The van der Waals surface area contributed by atoms with Crippen molar-refractivity contribution in [2.75, 3.05) is 18.4 Å². The van der Waals surface area contributed by atoms with E-state index in [1.165, 1.54) is 23.3 Å². The van der Waals surface area contributed by atoms with Gasteiger partial charge in [-0.05, 0) is 43.2 Å². The Morgan fingerprint density at radius 1 is 1.28 bits per heavy atom. The molecule has 2 heterocycles. The smallest absolute Gasteiger partial charge is 0.217 e. The number of nitrogens with zero attached hydrogens (tertiary/aromatic N) is 3. The number of rotatable bonds is 2. The molecule has 1 atom stereocenters. The van der Waals surface area contributed by atoms with Crippen molar-refractivity contribution in [2.45, 2.75) is 19.9 Å². The molecule has 2 aliphatic heterocycles. The Labute approximate surface area is 147 Å². The number of benzene rings is 1. The zero-order valence-electron chi connectivity index (χ0n) is 14.4. The summed E-state index contributed by atoms with van der Waals surface area (Å²) in [4.78, 5) is 4.59. The predicted molar refractivity (Wildman–Crippen MR) is 99.5 cm³/mol. The Bertz CT molecular complexity index is 847. The molecule has 1 unspecified atom stereocenters. The van der Waals surface area contributed by atoms with Gasteiger partial charge in [-0.3, -0.25) is 10.0 Å². The van der Waals surface area contributed by atoms with Crippen molar-refractivity contribution in [3.8, 4) is 0 Å². The van der Waals surface area contributed by atoms with Gasteiger partial charge in [0.1, 0.15) is 5.82 Å². The van der Waals surface area contributed by atoms with Crippen LogP contribution in [-0.4, -0.2) is 35.1 Å². The van der Waals surface area contributed by atoms with Crippen LogP contribution in [0, 0.1) is 12.7 Å². The van der Waals surface area contributed by atoms with E-state index in [0.29, 0.717) is 6.54 Å². The van der Waals surface area contributed by atoms with Gasteiger partial charge in [0.15, 0.2) is 0 Å². The average Bonchev–Trinajstić information content (AvgIpc) is 3.05. The summed E-state index contributed by atoms with van der Waals surface area (Å²) in [5.74, 6) is 0.497. The number of hydrazine groups is 1. The van der Waals surface area contributed by atoms with Crippen molar-refractivity contribution in [3.05, 3.63) is 77.3 Å². The number of anilines is 1. The minimum atomic E-state index is -0.253. The van der Waals surface area contributed by atoms with Gasteiger partial charge >= 0.3 is 0 Å². The standard InChI is InChI=1S/C20H21FN4/c1-14-5-8-19-16(12-14)4-3-10-24(19)25-11-9-22-20(25)23-18-13-17(21)7-6-15(18)2/h3-8,10,12-13,19H,9,11H2,1-2H3,(H,22,23). The lowest BCUT2D eigenvalue weighted by atomic mass is 9.95. The zero-order chi connectivity index (χ0) is 17.4. The highest BCUT2D eigenvalue weighted by molar-refractivity contribution is 5.95. The summed E-state index contributed by atoms with van der Waals surface area (Å²) >= 11 is 0. The summed E-state index contributed by atoms with van der Waals surface area (Å²) in [7, 11) is 0. The van der Waals surface area contributed by atoms with Crippen molar-refractivity contribution in [1.29, 1.82) is 0 Å². The first-order chi connectivity index (χ1) is 12.1. The molecule has 0 spiro atoms. The van der Waals surface area contributed by atoms with E-state index >= 15 is 0 Å². The third-order valence-corrected chi connectivity index (χ3v) is 4.63. The Morgan fingerprint density at radius 3 is 3.04 bits per heavy atom. The number of aliphatic imine (C=N–C) groups is 1. The fourth-order valence-corrected chi connectivity index (χ4v) is 3.32. The fraction of sp³-hybridized carbons (Fsp3) is 0.250. The van der Waals surface area contributed by atoms with Crippen molar-refractivity contribution in [1.82, 2.24) is 10.0 Å². The molecule has 5 heteroatoms. The first kappa shape index (κ1) is 15.7. The predicted octanol–water partition coefficient (Wildman–Crippen LogP) is 3.77. The van der Waals surface area contributed by atoms with Crippen LogP contribution < -0.4 is 5.32 Å². The van der Waals surface area contributed by atoms with Gasteiger partial charge < -0.3 is 5.32 Å². The van der Waals surface area contributed by atoms with Crippen molar-refractivity contribution in [2.24, 2.45) is 4.99 Å². The van der Waals surface area contributed by atoms with E-state index in [2.05, 4.69) is 63.8 Å². The highest BCUT2D eigenvalue weighted by Crippen LogP contribution is 2.28. The van der Waals surface area contributed by atoms with Crippen molar-refractivity contribution >= 4 is 11.6 Å². The lowest BCUT2D eigenvalue weighted by molar-refractivity contribution is 0.0988. The van der Waals surface area contributed by atoms with Gasteiger partial charge in [-0.2, -0.15) is 0 Å². The Balaban J connectivity index is 1.58. The molecule has 0 fully saturated rings. The number of guanidine groups is 1. The van der Waals surface area contributed by atoms with Crippen LogP contribution in [0.3, 0.4) is 0 Å². The number of fused-ring (bicyclic) bond motifs is 1. The van der Waals surface area contributed by atoms with Gasteiger partial charge in [0, 0.05) is 11.9 Å². The van der Waals surface area contributed by atoms with Gasteiger partial charge in [-0.25, -0.2) is 9.38 Å². The highest BCUT2D eigenvalue weighted by Gasteiger charge is 2.30. The molecule has 1 aromatic rings. The molecule has 0 saturated heterocycles. The molecule has 4 nitrogen and oxygen atoms in total. The number of aryl methyl sites for hydroxylation is 1. The largest absolute Gasteiger partial charge is 0.324 e. The Morgan fingerprint density at radius 2 is 2.16 bits per heavy atom. The Kier molecular flexibility index (Phi) is 3.92. The van der Waals surface area contributed by atoms with E-state index in [9.17, 15) is 4.39 Å². The molecule has 25 heavy (non-hydrogen) atoms. The molecular formula is C20H21FN4. The molecule has 0 aromatic heterocycles. The Hall–Kier alpha value is -2.82. The number of nitrogens with one attached hydrogen (secondary N) is 1. The van der Waals surface area contributed by atoms with Crippen molar-refractivity contribution in [3.63, 3.8) is 0 Å². The zero-order valence-corrected chi connectivity index (χ0v) is 14.4. The maximum absolute atomic E-state index is 13.6. The minimum absolute atomic E-state index is 0.160. The summed E-state index contributed by atoms with van der Waals surface area (Å²) in [6.45, 7) is 5.57. The van der Waals surface area contributed by atoms with E-state index in [1.54, 1.807) is 6.07 Å². The normalized spacial score (nSPS) is 21.7. The van der Waals surface area contributed by atoms with Crippen LogP contribution in [-0.2, 0) is 0 Å². The molecule has 4 rings (SSSR count). The van der Waals surface area contributed by atoms with Crippen LogP contribution in [0.25, 0.3) is 0 Å². The molecule has 1 aliphatic carbocycles. The van der Waals surface area contributed by atoms with Gasteiger partial charge in [-0.1, -0.05) is 35.9 Å². The second kappa shape index (κ2) is 6.24. The quantitative estimate of drug-likeness (QED) is 0.892. The first-order valence-electron chi connectivity index (χ1n) is 8.50. The third kappa shape index (κ3) is 2.97. The lowest BCUT2D eigenvalue weighted by Gasteiger charge is -2.40. The number of allylic oxidation sites excluding steroid dienone is 4. The van der Waals surface area contributed by atoms with Gasteiger partial charge in [0.05, 0.1) is 19.1 Å². The molecule has 1 N–H and O–H groups in total. The number of halogens is 1. The number of hydrogen-bond donors (Lipinski definition) is 1. The van der Waals surface area contributed by atoms with Crippen LogP contribution in [0.2, 0.25) is 0 Å². The van der Waals surface area contributed by atoms with E-state index in [1.807, 2.05) is 6.92 Å². The van der Waals surface area contributed by atoms with Crippen LogP contribution in [0.15, 0.2) is 70.9 Å². The highest BCUT2D eigenvalue weighted by atomic mass is 19.1. The molecule has 0 saturated carbocycles. The first-order valence-corrected chi connectivity index (χ1v) is 8.50. The maximum Gasteiger partial charge on any atom is 0.217 e. The molecule has 0 bridgehead atoms. The molecule has 3 aliphatic rings. The topological polar surface area (TPSA) is 30.9 Å². The molecule has 1 aromatic carbocycles. The van der Waals surface area contributed by atoms with Gasteiger partial charge in [0.25, 0.3) is 0 Å². The van der Waals surface area contributed by atoms with E-state index in [0.717, 1.165) is 23.8 Å².